The standard InChI is InChI=1S/C16H18BrN3O3S/c17-12-4-6-13(7-5-12)24(22,23)20-10-8-14(15(21)11-20)19-16-3-1-2-9-18-16/h1-7,9,14-15,21H,8,10-11H2,(H,18,19)/t14-,15+/m1/s1. The number of aromatic nitrogens is 1. The SMILES string of the molecule is O=S(=O)(c1ccc(Br)cc1)N1CC[C@@H](Nc2ccccn2)[C@@H](O)C1. The van der Waals surface area contributed by atoms with Crippen molar-refractivity contribution >= 4 is 31.8 Å². The number of rotatable bonds is 4. The zero-order valence-electron chi connectivity index (χ0n) is 12.8. The first-order chi connectivity index (χ1) is 11.5. The lowest BCUT2D eigenvalue weighted by molar-refractivity contribution is 0.0949. The Hall–Kier alpha value is -1.48. The Bertz CT molecular complexity index is 784. The van der Waals surface area contributed by atoms with Crippen LogP contribution in [-0.2, 0) is 10.0 Å². The molecule has 2 aromatic rings. The molecule has 2 N–H and O–H groups in total. The highest BCUT2D eigenvalue weighted by Gasteiger charge is 2.34. The molecule has 1 aliphatic heterocycles. The van der Waals surface area contributed by atoms with E-state index in [-0.39, 0.29) is 17.5 Å². The zero-order chi connectivity index (χ0) is 17.2. The number of pyridine rings is 1. The number of piperidine rings is 1. The molecule has 24 heavy (non-hydrogen) atoms. The quantitative estimate of drug-likeness (QED) is 0.804. The zero-order valence-corrected chi connectivity index (χ0v) is 15.2. The van der Waals surface area contributed by atoms with Gasteiger partial charge in [-0.1, -0.05) is 22.0 Å². The summed E-state index contributed by atoms with van der Waals surface area (Å²) in [7, 11) is -3.60. The highest BCUT2D eigenvalue weighted by atomic mass is 79.9. The Kier molecular flexibility index (Phi) is 5.19. The number of sulfonamides is 1. The number of β-amino-alcohol motifs (C(OH)–C–C–N with tert-alkyl or cyclic N) is 1. The number of aliphatic hydroxyl groups is 1. The van der Waals surface area contributed by atoms with E-state index in [1.807, 2.05) is 18.2 Å². The van der Waals surface area contributed by atoms with Crippen LogP contribution >= 0.6 is 15.9 Å². The Balaban J connectivity index is 1.69. The first kappa shape index (κ1) is 17.3. The number of aliphatic hydroxyl groups excluding tert-OH is 1. The van der Waals surface area contributed by atoms with Gasteiger partial charge in [0.05, 0.1) is 17.0 Å². The fourth-order valence-corrected chi connectivity index (χ4v) is 4.42. The summed E-state index contributed by atoms with van der Waals surface area (Å²) < 4.78 is 27.5. The second-order valence-corrected chi connectivity index (χ2v) is 8.49. The molecule has 1 saturated heterocycles. The topological polar surface area (TPSA) is 82.5 Å². The Labute approximate surface area is 149 Å². The third kappa shape index (κ3) is 3.77. The summed E-state index contributed by atoms with van der Waals surface area (Å²) in [6, 6.07) is 11.8. The minimum atomic E-state index is -3.60. The van der Waals surface area contributed by atoms with Gasteiger partial charge in [-0.3, -0.25) is 0 Å². The van der Waals surface area contributed by atoms with E-state index in [1.165, 1.54) is 4.31 Å². The van der Waals surface area contributed by atoms with Gasteiger partial charge in [-0.25, -0.2) is 13.4 Å². The largest absolute Gasteiger partial charge is 0.390 e. The average Bonchev–Trinajstić information content (AvgIpc) is 2.58. The molecule has 3 rings (SSSR count). The summed E-state index contributed by atoms with van der Waals surface area (Å²) >= 11 is 3.29. The Morgan fingerprint density at radius 1 is 1.21 bits per heavy atom. The minimum absolute atomic E-state index is 0.0584. The number of anilines is 1. The predicted octanol–water partition coefficient (Wildman–Crippen LogP) is 2.08. The fourth-order valence-electron chi connectivity index (χ4n) is 2.68. The van der Waals surface area contributed by atoms with Crippen LogP contribution in [-0.4, -0.2) is 48.0 Å². The summed E-state index contributed by atoms with van der Waals surface area (Å²) in [5, 5.41) is 13.5. The maximum absolute atomic E-state index is 12.7. The summed E-state index contributed by atoms with van der Waals surface area (Å²) in [6.45, 7) is 0.406. The van der Waals surface area contributed by atoms with Gasteiger partial charge in [-0.05, 0) is 42.8 Å². The number of halogens is 1. The van der Waals surface area contributed by atoms with Crippen LogP contribution in [0.15, 0.2) is 58.0 Å². The molecule has 2 atom stereocenters. The first-order valence-electron chi connectivity index (χ1n) is 7.58. The first-order valence-corrected chi connectivity index (χ1v) is 9.81. The van der Waals surface area contributed by atoms with Crippen LogP contribution in [0.1, 0.15) is 6.42 Å². The second-order valence-electron chi connectivity index (χ2n) is 5.64. The van der Waals surface area contributed by atoms with Crippen molar-refractivity contribution in [1.29, 1.82) is 0 Å². The molecular formula is C16H18BrN3O3S. The summed E-state index contributed by atoms with van der Waals surface area (Å²) in [6.07, 6.45) is 1.38. The smallest absolute Gasteiger partial charge is 0.243 e. The lowest BCUT2D eigenvalue weighted by Gasteiger charge is -2.35. The molecule has 8 heteroatoms. The van der Waals surface area contributed by atoms with Crippen LogP contribution in [0.2, 0.25) is 0 Å². The van der Waals surface area contributed by atoms with Crippen molar-refractivity contribution in [3.05, 3.63) is 53.1 Å². The van der Waals surface area contributed by atoms with Gasteiger partial charge in [0.1, 0.15) is 5.82 Å². The second kappa shape index (κ2) is 7.18. The summed E-state index contributed by atoms with van der Waals surface area (Å²) in [5.41, 5.74) is 0. The van der Waals surface area contributed by atoms with Crippen molar-refractivity contribution in [3.8, 4) is 0 Å². The summed E-state index contributed by atoms with van der Waals surface area (Å²) in [5.74, 6) is 0.672. The van der Waals surface area contributed by atoms with Crippen molar-refractivity contribution in [3.63, 3.8) is 0 Å². The monoisotopic (exact) mass is 411 g/mol. The molecule has 128 valence electrons. The predicted molar refractivity (Wildman–Crippen MR) is 95.2 cm³/mol. The van der Waals surface area contributed by atoms with Gasteiger partial charge in [0.25, 0.3) is 0 Å². The van der Waals surface area contributed by atoms with Gasteiger partial charge in [0.15, 0.2) is 0 Å². The highest BCUT2D eigenvalue weighted by molar-refractivity contribution is 9.10. The number of hydrogen-bond donors (Lipinski definition) is 2. The van der Waals surface area contributed by atoms with Gasteiger partial charge in [-0.2, -0.15) is 4.31 Å². The molecule has 1 aromatic carbocycles. The van der Waals surface area contributed by atoms with Gasteiger partial charge in [0.2, 0.25) is 10.0 Å². The van der Waals surface area contributed by atoms with E-state index in [0.717, 1.165) is 4.47 Å². The number of hydrogen-bond acceptors (Lipinski definition) is 5. The molecule has 1 aromatic heterocycles. The van der Waals surface area contributed by atoms with E-state index >= 15 is 0 Å². The van der Waals surface area contributed by atoms with Crippen LogP contribution in [0.25, 0.3) is 0 Å². The fraction of sp³-hybridized carbons (Fsp3) is 0.312. The number of benzene rings is 1. The van der Waals surface area contributed by atoms with Crippen LogP contribution in [0.3, 0.4) is 0 Å². The molecule has 6 nitrogen and oxygen atoms in total. The molecule has 0 aliphatic carbocycles. The van der Waals surface area contributed by atoms with Crippen LogP contribution in [0.4, 0.5) is 5.82 Å². The maximum Gasteiger partial charge on any atom is 0.243 e. The minimum Gasteiger partial charge on any atom is -0.390 e. The lowest BCUT2D eigenvalue weighted by atomic mass is 10.0. The molecule has 0 radical (unpaired) electrons. The van der Waals surface area contributed by atoms with E-state index in [1.54, 1.807) is 30.5 Å². The van der Waals surface area contributed by atoms with Crippen molar-refractivity contribution in [2.45, 2.75) is 23.5 Å². The van der Waals surface area contributed by atoms with Gasteiger partial charge in [0, 0.05) is 23.8 Å². The van der Waals surface area contributed by atoms with Crippen LogP contribution < -0.4 is 5.32 Å². The van der Waals surface area contributed by atoms with Crippen molar-refractivity contribution < 1.29 is 13.5 Å². The summed E-state index contributed by atoms with van der Waals surface area (Å²) in [4.78, 5) is 4.40. The molecule has 1 aliphatic rings. The average molecular weight is 412 g/mol. The van der Waals surface area contributed by atoms with Crippen molar-refractivity contribution in [2.75, 3.05) is 18.4 Å². The molecule has 1 fully saturated rings. The number of nitrogens with one attached hydrogen (secondary N) is 1. The van der Waals surface area contributed by atoms with Crippen LogP contribution in [0, 0.1) is 0 Å². The normalized spacial score (nSPS) is 22.2. The molecule has 2 heterocycles. The molecule has 0 unspecified atom stereocenters. The molecule has 0 spiro atoms. The molecular weight excluding hydrogens is 394 g/mol. The van der Waals surface area contributed by atoms with E-state index in [9.17, 15) is 13.5 Å². The third-order valence-electron chi connectivity index (χ3n) is 3.99. The highest BCUT2D eigenvalue weighted by Crippen LogP contribution is 2.23. The Morgan fingerprint density at radius 3 is 2.58 bits per heavy atom. The lowest BCUT2D eigenvalue weighted by Crippen LogP contribution is -2.51. The van der Waals surface area contributed by atoms with Gasteiger partial charge in [-0.15, -0.1) is 0 Å². The van der Waals surface area contributed by atoms with Crippen molar-refractivity contribution in [1.82, 2.24) is 9.29 Å². The molecule has 0 bridgehead atoms. The van der Waals surface area contributed by atoms with E-state index < -0.39 is 16.1 Å². The molecule has 0 amide bonds. The van der Waals surface area contributed by atoms with E-state index in [4.69, 9.17) is 0 Å². The van der Waals surface area contributed by atoms with Crippen LogP contribution in [0.5, 0.6) is 0 Å². The van der Waals surface area contributed by atoms with E-state index in [2.05, 4.69) is 26.2 Å². The van der Waals surface area contributed by atoms with Gasteiger partial charge < -0.3 is 10.4 Å². The maximum atomic E-state index is 12.7. The van der Waals surface area contributed by atoms with Gasteiger partial charge >= 0.3 is 0 Å². The molecule has 0 saturated carbocycles. The number of nitrogens with zero attached hydrogens (tertiary/aromatic N) is 2. The van der Waals surface area contributed by atoms with E-state index in [0.29, 0.717) is 18.8 Å². The Morgan fingerprint density at radius 2 is 1.96 bits per heavy atom. The van der Waals surface area contributed by atoms with Crippen molar-refractivity contribution in [2.24, 2.45) is 0 Å². The third-order valence-corrected chi connectivity index (χ3v) is 6.40.